The number of quaternary nitrogens is 1. The van der Waals surface area contributed by atoms with E-state index < -0.39 is 18.1 Å². The summed E-state index contributed by atoms with van der Waals surface area (Å²) in [6.07, 6.45) is 26.2. The van der Waals surface area contributed by atoms with Crippen molar-refractivity contribution in [1.82, 2.24) is 0 Å². The summed E-state index contributed by atoms with van der Waals surface area (Å²) in [5.74, 6) is -1.78. The van der Waals surface area contributed by atoms with Gasteiger partial charge < -0.3 is 28.6 Å². The summed E-state index contributed by atoms with van der Waals surface area (Å²) >= 11 is 0. The lowest BCUT2D eigenvalue weighted by molar-refractivity contribution is -0.889. The maximum absolute atomic E-state index is 12.5. The number of hydrogen-bond donors (Lipinski definition) is 0. The Labute approximate surface area is 269 Å². The van der Waals surface area contributed by atoms with Crippen molar-refractivity contribution < 1.29 is 38.2 Å². The van der Waals surface area contributed by atoms with E-state index in [4.69, 9.17) is 14.2 Å². The summed E-state index contributed by atoms with van der Waals surface area (Å²) in [7, 11) is 5.37. The summed E-state index contributed by atoms with van der Waals surface area (Å²) < 4.78 is 16.8. The van der Waals surface area contributed by atoms with Crippen molar-refractivity contribution >= 4 is 17.9 Å². The SMILES string of the molecule is CCCCCCCCC/C=C\CCCCCCCCCC(=O)OC(COCCC(C(=O)[O-])[N+](C)(C)C)COC(=O)CCCC. The minimum atomic E-state index is -1.13. The Bertz CT molecular complexity index is 747. The van der Waals surface area contributed by atoms with E-state index >= 15 is 0 Å². The molecule has 0 saturated heterocycles. The van der Waals surface area contributed by atoms with Crippen LogP contribution in [0.5, 0.6) is 0 Å². The number of carbonyl (C=O) groups excluding carboxylic acids is 3. The molecule has 0 aromatic carbocycles. The molecule has 0 aliphatic carbocycles. The quantitative estimate of drug-likeness (QED) is 0.0351. The molecule has 0 fully saturated rings. The summed E-state index contributed by atoms with van der Waals surface area (Å²) in [6, 6.07) is -0.718. The number of carboxylic acids is 1. The van der Waals surface area contributed by atoms with Crippen LogP contribution < -0.4 is 5.11 Å². The van der Waals surface area contributed by atoms with Gasteiger partial charge >= 0.3 is 11.9 Å². The molecule has 0 N–H and O–H groups in total. The Balaban J connectivity index is 4.12. The Hall–Kier alpha value is -1.93. The standard InChI is InChI=1S/C36H67NO7/c1-6-8-10-11-12-13-14-15-16-17-18-19-20-21-22-23-24-25-27-35(39)44-32(31-43-34(38)26-9-7-2)30-42-29-28-33(36(40)41)37(3,4)5/h16-17,32-33H,6-15,18-31H2,1-5H3/b17-16-. The average molecular weight is 626 g/mol. The molecule has 0 aromatic rings. The number of allylic oxidation sites excluding steroid dienone is 2. The van der Waals surface area contributed by atoms with Crippen LogP contribution >= 0.6 is 0 Å². The predicted molar refractivity (Wildman–Crippen MR) is 176 cm³/mol. The van der Waals surface area contributed by atoms with Gasteiger partial charge in [0, 0.05) is 19.3 Å². The lowest BCUT2D eigenvalue weighted by Gasteiger charge is -2.34. The molecule has 0 aliphatic rings. The molecule has 44 heavy (non-hydrogen) atoms. The molecule has 0 amide bonds. The summed E-state index contributed by atoms with van der Waals surface area (Å²) in [5.41, 5.74) is 0. The van der Waals surface area contributed by atoms with Crippen LogP contribution in [0.2, 0.25) is 0 Å². The largest absolute Gasteiger partial charge is 0.544 e. The van der Waals surface area contributed by atoms with Crippen LogP contribution in [0, 0.1) is 0 Å². The van der Waals surface area contributed by atoms with Gasteiger partial charge in [-0.3, -0.25) is 9.59 Å². The number of likely N-dealkylation sites (N-methyl/N-ethyl adjacent to an activating group) is 1. The first-order valence-corrected chi connectivity index (χ1v) is 17.7. The van der Waals surface area contributed by atoms with E-state index in [1.54, 1.807) is 21.1 Å². The second-order valence-electron chi connectivity index (χ2n) is 13.1. The summed E-state index contributed by atoms with van der Waals surface area (Å²) in [5, 5.41) is 11.5. The first kappa shape index (κ1) is 42.1. The van der Waals surface area contributed by atoms with Gasteiger partial charge in [-0.25, -0.2) is 0 Å². The van der Waals surface area contributed by atoms with Crippen molar-refractivity contribution in [2.75, 3.05) is 41.0 Å². The van der Waals surface area contributed by atoms with Gasteiger partial charge in [0.1, 0.15) is 12.6 Å². The monoisotopic (exact) mass is 625 g/mol. The molecule has 0 aliphatic heterocycles. The third-order valence-electron chi connectivity index (χ3n) is 7.90. The Morgan fingerprint density at radius 3 is 1.68 bits per heavy atom. The van der Waals surface area contributed by atoms with Gasteiger partial charge in [-0.1, -0.05) is 103 Å². The van der Waals surface area contributed by atoms with Gasteiger partial charge in [0.2, 0.25) is 0 Å². The van der Waals surface area contributed by atoms with Crippen molar-refractivity contribution in [1.29, 1.82) is 0 Å². The van der Waals surface area contributed by atoms with Crippen LogP contribution in [0.3, 0.4) is 0 Å². The van der Waals surface area contributed by atoms with Crippen molar-refractivity contribution in [3.8, 4) is 0 Å². The second-order valence-corrected chi connectivity index (χ2v) is 13.1. The van der Waals surface area contributed by atoms with E-state index in [9.17, 15) is 19.5 Å². The van der Waals surface area contributed by atoms with Gasteiger partial charge in [0.25, 0.3) is 0 Å². The van der Waals surface area contributed by atoms with E-state index in [1.807, 2.05) is 6.92 Å². The highest BCUT2D eigenvalue weighted by Gasteiger charge is 2.25. The van der Waals surface area contributed by atoms with Gasteiger partial charge in [-0.05, 0) is 38.5 Å². The molecule has 0 spiro atoms. The van der Waals surface area contributed by atoms with E-state index in [2.05, 4.69) is 19.1 Å². The fourth-order valence-corrected chi connectivity index (χ4v) is 5.04. The topological polar surface area (TPSA) is 102 Å². The van der Waals surface area contributed by atoms with Crippen LogP contribution in [-0.2, 0) is 28.6 Å². The molecule has 0 rings (SSSR count). The molecule has 0 bridgehead atoms. The third kappa shape index (κ3) is 26.5. The van der Waals surface area contributed by atoms with Crippen molar-refractivity contribution in [3.05, 3.63) is 12.2 Å². The number of carboxylic acid groups (broad SMARTS) is 1. The van der Waals surface area contributed by atoms with Gasteiger partial charge in [-0.2, -0.15) is 0 Å². The van der Waals surface area contributed by atoms with Crippen LogP contribution in [0.15, 0.2) is 12.2 Å². The molecule has 8 heteroatoms. The molecule has 258 valence electrons. The molecule has 0 radical (unpaired) electrons. The number of rotatable bonds is 31. The van der Waals surface area contributed by atoms with E-state index in [0.717, 1.165) is 32.1 Å². The first-order chi connectivity index (χ1) is 21.1. The van der Waals surface area contributed by atoms with Crippen LogP contribution in [0.1, 0.15) is 149 Å². The number of nitrogens with zero attached hydrogens (tertiary/aromatic N) is 1. The zero-order chi connectivity index (χ0) is 32.9. The molecule has 2 atom stereocenters. The molecule has 2 unspecified atom stereocenters. The Kier molecular flexibility index (Phi) is 27.3. The van der Waals surface area contributed by atoms with E-state index in [1.165, 1.54) is 83.5 Å². The molecule has 0 saturated carbocycles. The smallest absolute Gasteiger partial charge is 0.306 e. The number of hydrogen-bond acceptors (Lipinski definition) is 7. The van der Waals surface area contributed by atoms with Crippen LogP contribution in [0.4, 0.5) is 0 Å². The predicted octanol–water partition coefficient (Wildman–Crippen LogP) is 7.07. The molecule has 0 heterocycles. The molecular formula is C36H67NO7. The average Bonchev–Trinajstić information content (AvgIpc) is 2.96. The first-order valence-electron chi connectivity index (χ1n) is 17.7. The van der Waals surface area contributed by atoms with Crippen molar-refractivity contribution in [2.45, 2.75) is 161 Å². The number of esters is 2. The highest BCUT2D eigenvalue weighted by molar-refractivity contribution is 5.70. The fourth-order valence-electron chi connectivity index (χ4n) is 5.04. The minimum absolute atomic E-state index is 0.0397. The zero-order valence-electron chi connectivity index (χ0n) is 29.1. The minimum Gasteiger partial charge on any atom is -0.544 e. The fraction of sp³-hybridized carbons (Fsp3) is 0.861. The molecule has 0 aromatic heterocycles. The summed E-state index contributed by atoms with van der Waals surface area (Å²) in [4.78, 5) is 35.9. The number of carbonyl (C=O) groups is 3. The highest BCUT2D eigenvalue weighted by atomic mass is 16.6. The lowest BCUT2D eigenvalue weighted by atomic mass is 10.1. The summed E-state index contributed by atoms with van der Waals surface area (Å²) in [6.45, 7) is 4.40. The Morgan fingerprint density at radius 1 is 0.659 bits per heavy atom. The number of unbranched alkanes of at least 4 members (excludes halogenated alkanes) is 15. The van der Waals surface area contributed by atoms with Gasteiger partial charge in [0.15, 0.2) is 6.10 Å². The zero-order valence-corrected chi connectivity index (χ0v) is 29.1. The van der Waals surface area contributed by atoms with Crippen LogP contribution in [-0.4, -0.2) is 75.5 Å². The van der Waals surface area contributed by atoms with Gasteiger partial charge in [-0.15, -0.1) is 0 Å². The second kappa shape index (κ2) is 28.5. The maximum atomic E-state index is 12.5. The normalized spacial score (nSPS) is 13.2. The Morgan fingerprint density at radius 2 is 1.16 bits per heavy atom. The molecular weight excluding hydrogens is 558 g/mol. The van der Waals surface area contributed by atoms with Gasteiger partial charge in [0.05, 0.1) is 40.3 Å². The van der Waals surface area contributed by atoms with Crippen LogP contribution in [0.25, 0.3) is 0 Å². The lowest BCUT2D eigenvalue weighted by Crippen LogP contribution is -2.55. The maximum Gasteiger partial charge on any atom is 0.306 e. The van der Waals surface area contributed by atoms with E-state index in [-0.39, 0.29) is 42.7 Å². The molecule has 8 nitrogen and oxygen atoms in total. The van der Waals surface area contributed by atoms with E-state index in [0.29, 0.717) is 12.8 Å². The number of aliphatic carboxylic acids is 1. The highest BCUT2D eigenvalue weighted by Crippen LogP contribution is 2.13. The number of ether oxygens (including phenoxy) is 3. The van der Waals surface area contributed by atoms with Crippen molar-refractivity contribution in [3.63, 3.8) is 0 Å². The van der Waals surface area contributed by atoms with Crippen molar-refractivity contribution in [2.24, 2.45) is 0 Å². The third-order valence-corrected chi connectivity index (χ3v) is 7.90.